The first-order valence-electron chi connectivity index (χ1n) is 7.31. The minimum Gasteiger partial charge on any atom is -0.311 e. The number of benzene rings is 2. The Kier molecular flexibility index (Phi) is 5.39. The van der Waals surface area contributed by atoms with E-state index < -0.39 is 10.0 Å². The molecule has 0 N–H and O–H groups in total. The summed E-state index contributed by atoms with van der Waals surface area (Å²) >= 11 is 0. The molecule has 5 nitrogen and oxygen atoms in total. The molecule has 0 saturated carbocycles. The lowest BCUT2D eigenvalue weighted by Gasteiger charge is -2.26. The number of likely N-dealkylation sites (N-methyl/N-ethyl adjacent to an activating group) is 1. The van der Waals surface area contributed by atoms with E-state index in [1.807, 2.05) is 37.3 Å². The molecule has 0 radical (unpaired) electrons. The molecule has 0 bridgehead atoms. The molecule has 2 rings (SSSR count). The van der Waals surface area contributed by atoms with Crippen molar-refractivity contribution in [3.8, 4) is 0 Å². The summed E-state index contributed by atoms with van der Waals surface area (Å²) in [7, 11) is -3.55. The molecule has 0 spiro atoms. The highest BCUT2D eigenvalue weighted by molar-refractivity contribution is 7.92. The van der Waals surface area contributed by atoms with Crippen molar-refractivity contribution in [3.05, 3.63) is 60.7 Å². The Bertz CT molecular complexity index is 746. The Morgan fingerprint density at radius 2 is 1.39 bits per heavy atom. The van der Waals surface area contributed by atoms with Crippen LogP contribution in [0.3, 0.4) is 0 Å². The molecule has 0 atom stereocenters. The highest BCUT2D eigenvalue weighted by Gasteiger charge is 2.23. The SMILES string of the molecule is CCN(C(=O)CN(c1ccccc1)S(C)(=O)=O)c1ccccc1. The normalized spacial score (nSPS) is 11.0. The van der Waals surface area contributed by atoms with E-state index in [0.29, 0.717) is 12.2 Å². The number of carbonyl (C=O) groups excluding carboxylic acids is 1. The molecule has 2 aromatic rings. The summed E-state index contributed by atoms with van der Waals surface area (Å²) in [5.41, 5.74) is 1.23. The highest BCUT2D eigenvalue weighted by Crippen LogP contribution is 2.19. The summed E-state index contributed by atoms with van der Waals surface area (Å²) in [6.07, 6.45) is 1.10. The van der Waals surface area contributed by atoms with Gasteiger partial charge in [0.15, 0.2) is 0 Å². The molecule has 0 fully saturated rings. The second kappa shape index (κ2) is 7.28. The number of sulfonamides is 1. The van der Waals surface area contributed by atoms with Crippen LogP contribution in [0.15, 0.2) is 60.7 Å². The van der Waals surface area contributed by atoms with Gasteiger partial charge in [-0.1, -0.05) is 36.4 Å². The van der Waals surface area contributed by atoms with Crippen molar-refractivity contribution in [1.82, 2.24) is 0 Å². The first-order chi connectivity index (χ1) is 10.9. The van der Waals surface area contributed by atoms with Crippen LogP contribution < -0.4 is 9.21 Å². The van der Waals surface area contributed by atoms with E-state index in [4.69, 9.17) is 0 Å². The minimum atomic E-state index is -3.55. The molecule has 0 unspecified atom stereocenters. The van der Waals surface area contributed by atoms with Gasteiger partial charge in [-0.15, -0.1) is 0 Å². The summed E-state index contributed by atoms with van der Waals surface area (Å²) in [5, 5.41) is 0. The van der Waals surface area contributed by atoms with Crippen LogP contribution in [-0.4, -0.2) is 33.7 Å². The summed E-state index contributed by atoms with van der Waals surface area (Å²) in [5.74, 6) is -0.270. The maximum absolute atomic E-state index is 12.6. The average molecular weight is 332 g/mol. The monoisotopic (exact) mass is 332 g/mol. The van der Waals surface area contributed by atoms with Gasteiger partial charge < -0.3 is 4.90 Å². The lowest BCUT2D eigenvalue weighted by Crippen LogP contribution is -2.42. The number of hydrogen-bond acceptors (Lipinski definition) is 3. The van der Waals surface area contributed by atoms with Gasteiger partial charge in [0.05, 0.1) is 11.9 Å². The van der Waals surface area contributed by atoms with Crippen molar-refractivity contribution >= 4 is 27.3 Å². The fraction of sp³-hybridized carbons (Fsp3) is 0.235. The van der Waals surface area contributed by atoms with Crippen molar-refractivity contribution < 1.29 is 13.2 Å². The molecule has 0 aliphatic carbocycles. The number of carbonyl (C=O) groups is 1. The van der Waals surface area contributed by atoms with Gasteiger partial charge in [0.1, 0.15) is 6.54 Å². The van der Waals surface area contributed by atoms with E-state index in [-0.39, 0.29) is 12.5 Å². The van der Waals surface area contributed by atoms with Crippen LogP contribution in [0.1, 0.15) is 6.92 Å². The largest absolute Gasteiger partial charge is 0.311 e. The van der Waals surface area contributed by atoms with Crippen molar-refractivity contribution in [3.63, 3.8) is 0 Å². The predicted molar refractivity (Wildman–Crippen MR) is 93.1 cm³/mol. The third-order valence-electron chi connectivity index (χ3n) is 3.41. The molecule has 0 aromatic heterocycles. The van der Waals surface area contributed by atoms with Crippen LogP contribution in [0.2, 0.25) is 0 Å². The smallest absolute Gasteiger partial charge is 0.247 e. The van der Waals surface area contributed by atoms with Crippen molar-refractivity contribution in [2.45, 2.75) is 6.92 Å². The second-order valence-electron chi connectivity index (χ2n) is 5.08. The third kappa shape index (κ3) is 4.32. The van der Waals surface area contributed by atoms with Gasteiger partial charge in [-0.2, -0.15) is 0 Å². The van der Waals surface area contributed by atoms with E-state index in [2.05, 4.69) is 0 Å². The zero-order chi connectivity index (χ0) is 16.9. The van der Waals surface area contributed by atoms with Gasteiger partial charge in [0.25, 0.3) is 0 Å². The predicted octanol–water partition coefficient (Wildman–Crippen LogP) is 2.51. The van der Waals surface area contributed by atoms with Crippen LogP contribution in [0.4, 0.5) is 11.4 Å². The fourth-order valence-electron chi connectivity index (χ4n) is 2.31. The Hall–Kier alpha value is -2.34. The van der Waals surface area contributed by atoms with E-state index in [1.165, 1.54) is 0 Å². The first-order valence-corrected chi connectivity index (χ1v) is 9.16. The van der Waals surface area contributed by atoms with Gasteiger partial charge in [0, 0.05) is 12.2 Å². The molecular formula is C17H20N2O3S. The molecular weight excluding hydrogens is 312 g/mol. The van der Waals surface area contributed by atoms with Crippen molar-refractivity contribution in [1.29, 1.82) is 0 Å². The maximum atomic E-state index is 12.6. The van der Waals surface area contributed by atoms with Gasteiger partial charge in [-0.25, -0.2) is 8.42 Å². The van der Waals surface area contributed by atoms with Crippen LogP contribution in [-0.2, 0) is 14.8 Å². The lowest BCUT2D eigenvalue weighted by molar-refractivity contribution is -0.117. The van der Waals surface area contributed by atoms with Crippen molar-refractivity contribution in [2.75, 3.05) is 28.6 Å². The Morgan fingerprint density at radius 1 is 0.913 bits per heavy atom. The molecule has 0 aliphatic heterocycles. The molecule has 122 valence electrons. The number of anilines is 2. The fourth-order valence-corrected chi connectivity index (χ4v) is 3.16. The third-order valence-corrected chi connectivity index (χ3v) is 4.55. The Labute approximate surface area is 137 Å². The topological polar surface area (TPSA) is 57.7 Å². The Balaban J connectivity index is 2.27. The van der Waals surface area contributed by atoms with Gasteiger partial charge in [0.2, 0.25) is 15.9 Å². The molecule has 2 aromatic carbocycles. The zero-order valence-corrected chi connectivity index (χ0v) is 14.0. The molecule has 0 aliphatic rings. The Morgan fingerprint density at radius 3 is 1.83 bits per heavy atom. The van der Waals surface area contributed by atoms with Crippen LogP contribution in [0.25, 0.3) is 0 Å². The van der Waals surface area contributed by atoms with Gasteiger partial charge in [-0.05, 0) is 31.2 Å². The number of amides is 1. The molecule has 1 amide bonds. The van der Waals surface area contributed by atoms with E-state index in [1.54, 1.807) is 35.2 Å². The number of hydrogen-bond donors (Lipinski definition) is 0. The first kappa shape index (κ1) is 17.0. The molecule has 0 saturated heterocycles. The van der Waals surface area contributed by atoms with E-state index in [0.717, 1.165) is 16.2 Å². The molecule has 23 heavy (non-hydrogen) atoms. The lowest BCUT2D eigenvalue weighted by atomic mass is 10.2. The standard InChI is InChI=1S/C17H20N2O3S/c1-3-18(15-10-6-4-7-11-15)17(20)14-19(23(2,21)22)16-12-8-5-9-13-16/h4-13H,3,14H2,1-2H3. The van der Waals surface area contributed by atoms with Gasteiger partial charge >= 0.3 is 0 Å². The highest BCUT2D eigenvalue weighted by atomic mass is 32.2. The average Bonchev–Trinajstić information content (AvgIpc) is 2.54. The summed E-state index contributed by atoms with van der Waals surface area (Å²) in [6, 6.07) is 17.8. The summed E-state index contributed by atoms with van der Waals surface area (Å²) in [4.78, 5) is 14.2. The van der Waals surface area contributed by atoms with Crippen LogP contribution in [0, 0.1) is 0 Å². The quantitative estimate of drug-likeness (QED) is 0.817. The second-order valence-corrected chi connectivity index (χ2v) is 6.99. The minimum absolute atomic E-state index is 0.231. The van der Waals surface area contributed by atoms with E-state index in [9.17, 15) is 13.2 Å². The van der Waals surface area contributed by atoms with E-state index >= 15 is 0 Å². The molecule has 6 heteroatoms. The summed E-state index contributed by atoms with van der Waals surface area (Å²) < 4.78 is 25.3. The number of para-hydroxylation sites is 2. The molecule has 0 heterocycles. The van der Waals surface area contributed by atoms with Crippen LogP contribution in [0.5, 0.6) is 0 Å². The van der Waals surface area contributed by atoms with Crippen molar-refractivity contribution in [2.24, 2.45) is 0 Å². The maximum Gasteiger partial charge on any atom is 0.247 e. The number of nitrogens with zero attached hydrogens (tertiary/aromatic N) is 2. The number of rotatable bonds is 6. The zero-order valence-electron chi connectivity index (χ0n) is 13.2. The van der Waals surface area contributed by atoms with Gasteiger partial charge in [-0.3, -0.25) is 9.10 Å². The summed E-state index contributed by atoms with van der Waals surface area (Å²) in [6.45, 7) is 2.10. The van der Waals surface area contributed by atoms with Crippen LogP contribution >= 0.6 is 0 Å².